The minimum Gasteiger partial charge on any atom is -0.381 e. The van der Waals surface area contributed by atoms with Crippen molar-refractivity contribution in [2.45, 2.75) is 0 Å². The summed E-state index contributed by atoms with van der Waals surface area (Å²) in [6.07, 6.45) is 4.93. The summed E-state index contributed by atoms with van der Waals surface area (Å²) in [4.78, 5) is 12.5. The predicted molar refractivity (Wildman–Crippen MR) is 71.5 cm³/mol. The molecular formula is C13H11N5. The molecule has 0 bridgehead atoms. The molecule has 0 aliphatic heterocycles. The summed E-state index contributed by atoms with van der Waals surface area (Å²) in [6.45, 7) is 0. The van der Waals surface area contributed by atoms with Crippen LogP contribution in [0, 0.1) is 0 Å². The van der Waals surface area contributed by atoms with Gasteiger partial charge in [-0.15, -0.1) is 0 Å². The SMILES string of the molecule is Nc1nccnc1Nc1cccc2ncccc12. The fraction of sp³-hybridized carbons (Fsp3) is 0. The highest BCUT2D eigenvalue weighted by molar-refractivity contribution is 5.93. The Hall–Kier alpha value is -2.69. The Morgan fingerprint density at radius 2 is 1.78 bits per heavy atom. The van der Waals surface area contributed by atoms with E-state index in [1.54, 1.807) is 18.6 Å². The molecule has 0 aliphatic rings. The standard InChI is InChI=1S/C13H11N5/c14-12-13(17-8-7-16-12)18-11-5-1-4-10-9(11)3-2-6-15-10/h1-8H,(H2,14,16)(H,17,18). The first kappa shape index (κ1) is 10.5. The van der Waals surface area contributed by atoms with E-state index in [2.05, 4.69) is 20.3 Å². The lowest BCUT2D eigenvalue weighted by Crippen LogP contribution is -2.01. The van der Waals surface area contributed by atoms with Crippen LogP contribution in [0.4, 0.5) is 17.3 Å². The van der Waals surface area contributed by atoms with E-state index < -0.39 is 0 Å². The zero-order valence-electron chi connectivity index (χ0n) is 9.54. The zero-order chi connectivity index (χ0) is 12.4. The van der Waals surface area contributed by atoms with Crippen LogP contribution in [-0.2, 0) is 0 Å². The van der Waals surface area contributed by atoms with Gasteiger partial charge in [-0.2, -0.15) is 0 Å². The van der Waals surface area contributed by atoms with E-state index in [1.165, 1.54) is 0 Å². The van der Waals surface area contributed by atoms with Crippen molar-refractivity contribution in [3.8, 4) is 0 Å². The maximum Gasteiger partial charge on any atom is 0.173 e. The van der Waals surface area contributed by atoms with E-state index in [0.717, 1.165) is 16.6 Å². The minimum absolute atomic E-state index is 0.374. The van der Waals surface area contributed by atoms with Crippen LogP contribution in [0.5, 0.6) is 0 Å². The summed E-state index contributed by atoms with van der Waals surface area (Å²) < 4.78 is 0. The zero-order valence-corrected chi connectivity index (χ0v) is 9.54. The molecule has 3 rings (SSSR count). The van der Waals surface area contributed by atoms with Gasteiger partial charge < -0.3 is 11.1 Å². The van der Waals surface area contributed by atoms with Crippen molar-refractivity contribution in [1.82, 2.24) is 15.0 Å². The highest BCUT2D eigenvalue weighted by Gasteiger charge is 2.04. The summed E-state index contributed by atoms with van der Waals surface area (Å²) in [6, 6.07) is 9.74. The van der Waals surface area contributed by atoms with E-state index in [9.17, 15) is 0 Å². The lowest BCUT2D eigenvalue weighted by atomic mass is 10.2. The van der Waals surface area contributed by atoms with Crippen LogP contribution in [0.15, 0.2) is 48.9 Å². The number of nitrogens with zero attached hydrogens (tertiary/aromatic N) is 3. The third-order valence-corrected chi connectivity index (χ3v) is 2.63. The van der Waals surface area contributed by atoms with E-state index in [-0.39, 0.29) is 0 Å². The Balaban J connectivity index is 2.08. The molecule has 0 saturated carbocycles. The highest BCUT2D eigenvalue weighted by atomic mass is 15.1. The average molecular weight is 237 g/mol. The Labute approximate surface area is 104 Å². The minimum atomic E-state index is 0.374. The summed E-state index contributed by atoms with van der Waals surface area (Å²) in [5.74, 6) is 0.923. The Bertz CT molecular complexity index is 690. The molecule has 5 nitrogen and oxygen atoms in total. The van der Waals surface area contributed by atoms with Gasteiger partial charge in [0.1, 0.15) is 0 Å². The van der Waals surface area contributed by atoms with Gasteiger partial charge in [-0.1, -0.05) is 6.07 Å². The molecular weight excluding hydrogens is 226 g/mol. The first-order valence-electron chi connectivity index (χ1n) is 5.52. The molecule has 0 spiro atoms. The average Bonchev–Trinajstić information content (AvgIpc) is 2.42. The van der Waals surface area contributed by atoms with Gasteiger partial charge in [0.15, 0.2) is 11.6 Å². The molecule has 5 heteroatoms. The van der Waals surface area contributed by atoms with Crippen LogP contribution in [-0.4, -0.2) is 15.0 Å². The number of pyridine rings is 1. The predicted octanol–water partition coefficient (Wildman–Crippen LogP) is 2.35. The van der Waals surface area contributed by atoms with E-state index >= 15 is 0 Å². The lowest BCUT2D eigenvalue weighted by Gasteiger charge is -2.09. The number of benzene rings is 1. The van der Waals surface area contributed by atoms with Crippen molar-refractivity contribution >= 4 is 28.2 Å². The third-order valence-electron chi connectivity index (χ3n) is 2.63. The van der Waals surface area contributed by atoms with Crippen LogP contribution in [0.3, 0.4) is 0 Å². The quantitative estimate of drug-likeness (QED) is 0.715. The maximum atomic E-state index is 5.76. The van der Waals surface area contributed by atoms with Crippen LogP contribution < -0.4 is 11.1 Å². The maximum absolute atomic E-state index is 5.76. The number of hydrogen-bond donors (Lipinski definition) is 2. The summed E-state index contributed by atoms with van der Waals surface area (Å²) in [5.41, 5.74) is 7.59. The fourth-order valence-corrected chi connectivity index (χ4v) is 1.78. The van der Waals surface area contributed by atoms with Gasteiger partial charge in [0, 0.05) is 29.7 Å². The normalized spacial score (nSPS) is 10.4. The molecule has 18 heavy (non-hydrogen) atoms. The van der Waals surface area contributed by atoms with Crippen molar-refractivity contribution in [1.29, 1.82) is 0 Å². The first-order valence-corrected chi connectivity index (χ1v) is 5.52. The van der Waals surface area contributed by atoms with Crippen LogP contribution in [0.1, 0.15) is 0 Å². The molecule has 0 atom stereocenters. The molecule has 3 N–H and O–H groups in total. The molecule has 0 unspecified atom stereocenters. The van der Waals surface area contributed by atoms with E-state index in [4.69, 9.17) is 5.73 Å². The van der Waals surface area contributed by atoms with Crippen molar-refractivity contribution in [2.24, 2.45) is 0 Å². The number of anilines is 3. The molecule has 88 valence electrons. The number of nitrogens with one attached hydrogen (secondary N) is 1. The van der Waals surface area contributed by atoms with Gasteiger partial charge in [0.05, 0.1) is 5.52 Å². The molecule has 0 aliphatic carbocycles. The van der Waals surface area contributed by atoms with Crippen LogP contribution in [0.25, 0.3) is 10.9 Å². The number of nitrogen functional groups attached to an aromatic ring is 1. The second-order valence-corrected chi connectivity index (χ2v) is 3.79. The summed E-state index contributed by atoms with van der Waals surface area (Å²) >= 11 is 0. The lowest BCUT2D eigenvalue weighted by molar-refractivity contribution is 1.21. The highest BCUT2D eigenvalue weighted by Crippen LogP contribution is 2.25. The van der Waals surface area contributed by atoms with Gasteiger partial charge in [-0.3, -0.25) is 4.98 Å². The van der Waals surface area contributed by atoms with Gasteiger partial charge in [0.25, 0.3) is 0 Å². The second kappa shape index (κ2) is 4.29. The molecule has 0 amide bonds. The molecule has 0 radical (unpaired) electrons. The molecule has 1 aromatic carbocycles. The largest absolute Gasteiger partial charge is 0.381 e. The summed E-state index contributed by atoms with van der Waals surface area (Å²) in [7, 11) is 0. The topological polar surface area (TPSA) is 76.7 Å². The van der Waals surface area contributed by atoms with E-state index in [0.29, 0.717) is 11.6 Å². The third kappa shape index (κ3) is 1.82. The number of rotatable bonds is 2. The number of nitrogens with two attached hydrogens (primary N) is 1. The Kier molecular flexibility index (Phi) is 2.49. The van der Waals surface area contributed by atoms with Gasteiger partial charge >= 0.3 is 0 Å². The fourth-order valence-electron chi connectivity index (χ4n) is 1.78. The number of fused-ring (bicyclic) bond motifs is 1. The van der Waals surface area contributed by atoms with E-state index in [1.807, 2.05) is 30.3 Å². The van der Waals surface area contributed by atoms with Crippen LogP contribution in [0.2, 0.25) is 0 Å². The number of hydrogen-bond acceptors (Lipinski definition) is 5. The Morgan fingerprint density at radius 3 is 2.67 bits per heavy atom. The molecule has 2 heterocycles. The number of aromatic nitrogens is 3. The van der Waals surface area contributed by atoms with Gasteiger partial charge in [0.2, 0.25) is 0 Å². The van der Waals surface area contributed by atoms with Gasteiger partial charge in [-0.05, 0) is 24.3 Å². The van der Waals surface area contributed by atoms with Crippen LogP contribution >= 0.6 is 0 Å². The summed E-state index contributed by atoms with van der Waals surface area (Å²) in [5, 5.41) is 4.20. The van der Waals surface area contributed by atoms with Crippen molar-refractivity contribution in [2.75, 3.05) is 11.1 Å². The molecule has 3 aromatic rings. The van der Waals surface area contributed by atoms with Gasteiger partial charge in [-0.25, -0.2) is 9.97 Å². The second-order valence-electron chi connectivity index (χ2n) is 3.79. The smallest absolute Gasteiger partial charge is 0.173 e. The molecule has 0 saturated heterocycles. The van der Waals surface area contributed by atoms with Crippen molar-refractivity contribution in [3.05, 3.63) is 48.9 Å². The molecule has 2 aromatic heterocycles. The molecule has 0 fully saturated rings. The van der Waals surface area contributed by atoms with Crippen molar-refractivity contribution in [3.63, 3.8) is 0 Å². The van der Waals surface area contributed by atoms with Crippen molar-refractivity contribution < 1.29 is 0 Å². The first-order chi connectivity index (χ1) is 8.84. The monoisotopic (exact) mass is 237 g/mol. The Morgan fingerprint density at radius 1 is 0.889 bits per heavy atom.